The molecule has 2 atom stereocenters. The van der Waals surface area contributed by atoms with Gasteiger partial charge in [-0.25, -0.2) is 0 Å². The van der Waals surface area contributed by atoms with E-state index in [2.05, 4.69) is 43.6 Å². The molecule has 1 fully saturated rings. The maximum atomic E-state index is 3.78. The lowest BCUT2D eigenvalue weighted by molar-refractivity contribution is 0.279. The van der Waals surface area contributed by atoms with E-state index in [1.54, 1.807) is 0 Å². The first-order valence-corrected chi connectivity index (χ1v) is 7.52. The molecule has 2 nitrogen and oxygen atoms in total. The molecular formula is C16H28N2. The van der Waals surface area contributed by atoms with Crippen LogP contribution in [0.15, 0.2) is 6.07 Å². The van der Waals surface area contributed by atoms with Crippen molar-refractivity contribution in [3.63, 3.8) is 0 Å². The fourth-order valence-corrected chi connectivity index (χ4v) is 3.40. The zero-order valence-electron chi connectivity index (χ0n) is 12.4. The second kappa shape index (κ2) is 5.92. The van der Waals surface area contributed by atoms with E-state index >= 15 is 0 Å². The highest BCUT2D eigenvalue weighted by atomic mass is 15.0. The van der Waals surface area contributed by atoms with Crippen LogP contribution in [0.5, 0.6) is 0 Å². The molecule has 1 aromatic heterocycles. The van der Waals surface area contributed by atoms with Gasteiger partial charge in [-0.1, -0.05) is 19.8 Å². The lowest BCUT2D eigenvalue weighted by Gasteiger charge is -2.29. The van der Waals surface area contributed by atoms with E-state index in [1.165, 1.54) is 42.6 Å². The highest BCUT2D eigenvalue weighted by molar-refractivity contribution is 5.26. The summed E-state index contributed by atoms with van der Waals surface area (Å²) in [5.41, 5.74) is 4.31. The van der Waals surface area contributed by atoms with E-state index in [4.69, 9.17) is 0 Å². The van der Waals surface area contributed by atoms with E-state index in [1.807, 2.05) is 0 Å². The van der Waals surface area contributed by atoms with Gasteiger partial charge in [0.1, 0.15) is 0 Å². The van der Waals surface area contributed by atoms with Crippen LogP contribution in [0, 0.1) is 19.8 Å². The number of aromatic nitrogens is 1. The Morgan fingerprint density at radius 2 is 2.00 bits per heavy atom. The number of aryl methyl sites for hydroxylation is 1. The van der Waals surface area contributed by atoms with Crippen LogP contribution in [-0.2, 0) is 13.1 Å². The third kappa shape index (κ3) is 2.80. The van der Waals surface area contributed by atoms with Crippen LogP contribution in [0.4, 0.5) is 0 Å². The van der Waals surface area contributed by atoms with Crippen LogP contribution in [0.25, 0.3) is 0 Å². The normalized spacial score (nSPS) is 24.4. The largest absolute Gasteiger partial charge is 0.349 e. The summed E-state index contributed by atoms with van der Waals surface area (Å²) in [7, 11) is 0. The summed E-state index contributed by atoms with van der Waals surface area (Å²) in [5, 5.41) is 3.78. The van der Waals surface area contributed by atoms with Gasteiger partial charge in [-0.05, 0) is 51.2 Å². The van der Waals surface area contributed by atoms with E-state index in [9.17, 15) is 0 Å². The van der Waals surface area contributed by atoms with E-state index in [0.29, 0.717) is 0 Å². The number of hydrogen-bond acceptors (Lipinski definition) is 1. The smallest absolute Gasteiger partial charge is 0.0226 e. The van der Waals surface area contributed by atoms with Gasteiger partial charge in [0.2, 0.25) is 0 Å². The van der Waals surface area contributed by atoms with Crippen molar-refractivity contribution in [2.75, 3.05) is 0 Å². The monoisotopic (exact) mass is 248 g/mol. The van der Waals surface area contributed by atoms with Gasteiger partial charge in [-0.2, -0.15) is 0 Å². The maximum absolute atomic E-state index is 3.78. The van der Waals surface area contributed by atoms with E-state index < -0.39 is 0 Å². The van der Waals surface area contributed by atoms with Crippen LogP contribution in [0.2, 0.25) is 0 Å². The van der Waals surface area contributed by atoms with Crippen molar-refractivity contribution in [2.24, 2.45) is 5.92 Å². The molecule has 1 aromatic rings. The van der Waals surface area contributed by atoms with Crippen LogP contribution >= 0.6 is 0 Å². The van der Waals surface area contributed by atoms with Gasteiger partial charge < -0.3 is 9.88 Å². The number of rotatable bonds is 4. The second-order valence-corrected chi connectivity index (χ2v) is 5.89. The molecule has 2 unspecified atom stereocenters. The first-order chi connectivity index (χ1) is 8.63. The molecule has 0 spiro atoms. The average Bonchev–Trinajstić information content (AvgIpc) is 2.63. The molecule has 0 aromatic carbocycles. The molecule has 1 heterocycles. The molecule has 1 saturated carbocycles. The summed E-state index contributed by atoms with van der Waals surface area (Å²) in [5.74, 6) is 0.841. The zero-order chi connectivity index (χ0) is 13.1. The predicted octanol–water partition coefficient (Wildman–Crippen LogP) is 3.79. The maximum Gasteiger partial charge on any atom is 0.0226 e. The Labute approximate surface area is 112 Å². The van der Waals surface area contributed by atoms with Crippen LogP contribution < -0.4 is 5.32 Å². The van der Waals surface area contributed by atoms with E-state index in [-0.39, 0.29) is 0 Å². The van der Waals surface area contributed by atoms with Crippen molar-refractivity contribution < 1.29 is 0 Å². The standard InChI is InChI=1S/C16H28N2/c1-5-18-13(3)10-15(14(18)4)11-17-16-9-7-6-8-12(16)2/h10,12,16-17H,5-9,11H2,1-4H3. The number of nitrogens with zero attached hydrogens (tertiary/aromatic N) is 1. The third-order valence-corrected chi connectivity index (χ3v) is 4.66. The molecule has 2 heteroatoms. The van der Waals surface area contributed by atoms with Crippen LogP contribution in [0.3, 0.4) is 0 Å². The molecular weight excluding hydrogens is 220 g/mol. The van der Waals surface area contributed by atoms with Crippen molar-refractivity contribution in [2.45, 2.75) is 72.5 Å². The summed E-state index contributed by atoms with van der Waals surface area (Å²) in [6.45, 7) is 11.2. The van der Waals surface area contributed by atoms with Crippen molar-refractivity contribution in [3.05, 3.63) is 23.0 Å². The van der Waals surface area contributed by atoms with Gasteiger partial charge in [-0.3, -0.25) is 0 Å². The minimum absolute atomic E-state index is 0.725. The summed E-state index contributed by atoms with van der Waals surface area (Å²) in [4.78, 5) is 0. The van der Waals surface area contributed by atoms with Crippen molar-refractivity contribution in [1.82, 2.24) is 9.88 Å². The Morgan fingerprint density at radius 1 is 1.28 bits per heavy atom. The van der Waals surface area contributed by atoms with Gasteiger partial charge in [0.15, 0.2) is 0 Å². The molecule has 0 aliphatic heterocycles. The fourth-order valence-electron chi connectivity index (χ4n) is 3.40. The molecule has 1 aliphatic carbocycles. The molecule has 1 N–H and O–H groups in total. The Bertz CT molecular complexity index is 392. The number of hydrogen-bond donors (Lipinski definition) is 1. The zero-order valence-corrected chi connectivity index (χ0v) is 12.4. The lowest BCUT2D eigenvalue weighted by atomic mass is 9.86. The summed E-state index contributed by atoms with van der Waals surface area (Å²) in [6, 6.07) is 3.07. The van der Waals surface area contributed by atoms with Gasteiger partial charge in [0.05, 0.1) is 0 Å². The van der Waals surface area contributed by atoms with Gasteiger partial charge in [0.25, 0.3) is 0 Å². The summed E-state index contributed by atoms with van der Waals surface area (Å²) >= 11 is 0. The highest BCUT2D eigenvalue weighted by Crippen LogP contribution is 2.24. The molecule has 18 heavy (non-hydrogen) atoms. The van der Waals surface area contributed by atoms with Gasteiger partial charge in [0, 0.05) is 30.5 Å². The lowest BCUT2D eigenvalue weighted by Crippen LogP contribution is -2.36. The molecule has 102 valence electrons. The first-order valence-electron chi connectivity index (χ1n) is 7.52. The average molecular weight is 248 g/mol. The van der Waals surface area contributed by atoms with Crippen molar-refractivity contribution in [1.29, 1.82) is 0 Å². The Kier molecular flexibility index (Phi) is 4.50. The fraction of sp³-hybridized carbons (Fsp3) is 0.750. The third-order valence-electron chi connectivity index (χ3n) is 4.66. The second-order valence-electron chi connectivity index (χ2n) is 5.89. The molecule has 2 rings (SSSR count). The first kappa shape index (κ1) is 13.7. The Balaban J connectivity index is 1.97. The van der Waals surface area contributed by atoms with Gasteiger partial charge >= 0.3 is 0 Å². The minimum Gasteiger partial charge on any atom is -0.349 e. The highest BCUT2D eigenvalue weighted by Gasteiger charge is 2.21. The minimum atomic E-state index is 0.725. The molecule has 0 radical (unpaired) electrons. The van der Waals surface area contributed by atoms with E-state index in [0.717, 1.165) is 25.0 Å². The predicted molar refractivity (Wildman–Crippen MR) is 77.8 cm³/mol. The molecule has 0 saturated heterocycles. The Hall–Kier alpha value is -0.760. The summed E-state index contributed by atoms with van der Waals surface area (Å²) in [6.07, 6.45) is 5.57. The van der Waals surface area contributed by atoms with Crippen molar-refractivity contribution in [3.8, 4) is 0 Å². The van der Waals surface area contributed by atoms with Crippen molar-refractivity contribution >= 4 is 0 Å². The quantitative estimate of drug-likeness (QED) is 0.857. The summed E-state index contributed by atoms with van der Waals surface area (Å²) < 4.78 is 2.40. The number of nitrogens with one attached hydrogen (secondary N) is 1. The van der Waals surface area contributed by atoms with Gasteiger partial charge in [-0.15, -0.1) is 0 Å². The Morgan fingerprint density at radius 3 is 2.61 bits per heavy atom. The molecule has 1 aliphatic rings. The molecule has 0 bridgehead atoms. The SMILES string of the molecule is CCn1c(C)cc(CNC2CCCCC2C)c1C. The van der Waals surface area contributed by atoms with Crippen LogP contribution in [-0.4, -0.2) is 10.6 Å². The van der Waals surface area contributed by atoms with Crippen LogP contribution in [0.1, 0.15) is 56.5 Å². The molecule has 0 amide bonds. The topological polar surface area (TPSA) is 17.0 Å².